The molecule has 5 aromatic rings. The molecule has 0 aliphatic rings. The van der Waals surface area contributed by atoms with Crippen LogP contribution in [0.1, 0.15) is 0 Å². The largest absolute Gasteiger partial charge is 0.337 e. The number of aromatic amines is 1. The predicted molar refractivity (Wildman–Crippen MR) is 103 cm³/mol. The number of aryl methyl sites for hydroxylation is 1. The molecule has 0 bridgehead atoms. The molecular weight excluding hydrogens is 343 g/mol. The van der Waals surface area contributed by atoms with Crippen LogP contribution in [0.4, 0.5) is 15.9 Å². The Labute approximate surface area is 153 Å². The molecule has 3 heterocycles. The van der Waals surface area contributed by atoms with Gasteiger partial charge < -0.3 is 5.32 Å². The topological polar surface area (TPSA) is 71.4 Å². The van der Waals surface area contributed by atoms with E-state index >= 15 is 0 Å². The minimum atomic E-state index is -0.275. The molecule has 27 heavy (non-hydrogen) atoms. The maximum absolute atomic E-state index is 13.6. The third-order valence-electron chi connectivity index (χ3n) is 4.53. The molecule has 0 amide bonds. The number of hydrogen-bond donors (Lipinski definition) is 2. The van der Waals surface area contributed by atoms with Gasteiger partial charge in [0.15, 0.2) is 5.82 Å². The summed E-state index contributed by atoms with van der Waals surface area (Å²) in [5.41, 5.74) is 4.97. The lowest BCUT2D eigenvalue weighted by Crippen LogP contribution is -1.94. The Kier molecular flexibility index (Phi) is 3.39. The zero-order valence-corrected chi connectivity index (χ0v) is 14.4. The van der Waals surface area contributed by atoms with E-state index in [4.69, 9.17) is 0 Å². The zero-order chi connectivity index (χ0) is 18.4. The number of pyridine rings is 1. The minimum absolute atomic E-state index is 0.275. The highest BCUT2D eigenvalue weighted by Gasteiger charge is 2.13. The van der Waals surface area contributed by atoms with Crippen LogP contribution in [0.5, 0.6) is 0 Å². The van der Waals surface area contributed by atoms with Crippen molar-refractivity contribution in [2.24, 2.45) is 7.05 Å². The average molecular weight is 358 g/mol. The molecule has 5 rings (SSSR count). The van der Waals surface area contributed by atoms with Gasteiger partial charge >= 0.3 is 0 Å². The Morgan fingerprint density at radius 3 is 2.89 bits per heavy atom. The number of H-pyrrole nitrogens is 1. The van der Waals surface area contributed by atoms with Gasteiger partial charge in [0.1, 0.15) is 17.0 Å². The Bertz CT molecular complexity index is 1290. The van der Waals surface area contributed by atoms with Crippen molar-refractivity contribution in [3.8, 4) is 11.3 Å². The highest BCUT2D eigenvalue weighted by molar-refractivity contribution is 5.96. The lowest BCUT2D eigenvalue weighted by Gasteiger charge is -2.04. The first-order valence-corrected chi connectivity index (χ1v) is 8.48. The first kappa shape index (κ1) is 15.5. The molecule has 0 fully saturated rings. The molecule has 0 spiro atoms. The van der Waals surface area contributed by atoms with Gasteiger partial charge in [-0.1, -0.05) is 12.1 Å². The van der Waals surface area contributed by atoms with E-state index in [1.807, 2.05) is 43.4 Å². The number of rotatable bonds is 3. The van der Waals surface area contributed by atoms with E-state index < -0.39 is 0 Å². The molecule has 0 aliphatic heterocycles. The molecule has 0 atom stereocenters. The number of aromatic nitrogens is 5. The van der Waals surface area contributed by atoms with Gasteiger partial charge in [0.2, 0.25) is 0 Å². The molecule has 132 valence electrons. The van der Waals surface area contributed by atoms with Gasteiger partial charge in [-0.25, -0.2) is 4.39 Å². The molecule has 3 aromatic heterocycles. The standard InChI is InChI=1S/C20H15FN6/c1-27-17-11-14(23-20-19-16(24-25-20)6-3-9-22-19)7-8-15(17)18(26-27)12-4-2-5-13(21)10-12/h2-11H,1H3,(H2,23,24,25). The summed E-state index contributed by atoms with van der Waals surface area (Å²) in [6.07, 6.45) is 1.73. The predicted octanol–water partition coefficient (Wildman–Crippen LogP) is 4.39. The quantitative estimate of drug-likeness (QED) is 0.502. The smallest absolute Gasteiger partial charge is 0.178 e. The molecule has 7 heteroatoms. The number of hydrogen-bond acceptors (Lipinski definition) is 4. The number of nitrogens with zero attached hydrogens (tertiary/aromatic N) is 4. The third kappa shape index (κ3) is 2.60. The highest BCUT2D eigenvalue weighted by Crippen LogP contribution is 2.31. The second-order valence-electron chi connectivity index (χ2n) is 6.31. The van der Waals surface area contributed by atoms with Crippen molar-refractivity contribution in [3.05, 3.63) is 66.6 Å². The number of benzene rings is 2. The van der Waals surface area contributed by atoms with E-state index in [0.29, 0.717) is 5.82 Å². The van der Waals surface area contributed by atoms with Crippen LogP contribution in [-0.4, -0.2) is 25.0 Å². The van der Waals surface area contributed by atoms with Crippen LogP contribution in [0.25, 0.3) is 33.2 Å². The fourth-order valence-electron chi connectivity index (χ4n) is 3.26. The van der Waals surface area contributed by atoms with Crippen LogP contribution in [0.3, 0.4) is 0 Å². The van der Waals surface area contributed by atoms with E-state index in [1.165, 1.54) is 12.1 Å². The summed E-state index contributed by atoms with van der Waals surface area (Å²) in [6.45, 7) is 0. The Morgan fingerprint density at radius 2 is 2.00 bits per heavy atom. The lowest BCUT2D eigenvalue weighted by molar-refractivity contribution is 0.628. The summed E-state index contributed by atoms with van der Waals surface area (Å²) < 4.78 is 15.4. The minimum Gasteiger partial charge on any atom is -0.337 e. The number of anilines is 2. The summed E-state index contributed by atoms with van der Waals surface area (Å²) in [7, 11) is 1.88. The highest BCUT2D eigenvalue weighted by atomic mass is 19.1. The second-order valence-corrected chi connectivity index (χ2v) is 6.31. The number of fused-ring (bicyclic) bond motifs is 2. The van der Waals surface area contributed by atoms with Gasteiger partial charge in [0.25, 0.3) is 0 Å². The van der Waals surface area contributed by atoms with Crippen LogP contribution in [-0.2, 0) is 7.05 Å². The van der Waals surface area contributed by atoms with Crippen molar-refractivity contribution >= 4 is 33.4 Å². The molecule has 2 N–H and O–H groups in total. The Balaban J connectivity index is 1.57. The third-order valence-corrected chi connectivity index (χ3v) is 4.53. The fraction of sp³-hybridized carbons (Fsp3) is 0.0500. The first-order chi connectivity index (χ1) is 13.2. The summed E-state index contributed by atoms with van der Waals surface area (Å²) in [5.74, 6) is 0.389. The van der Waals surface area contributed by atoms with E-state index in [1.54, 1.807) is 16.9 Å². The fourth-order valence-corrected chi connectivity index (χ4v) is 3.26. The van der Waals surface area contributed by atoms with Crippen LogP contribution in [0, 0.1) is 5.82 Å². The van der Waals surface area contributed by atoms with Gasteiger partial charge in [0.05, 0.1) is 11.0 Å². The second kappa shape index (κ2) is 5.91. The van der Waals surface area contributed by atoms with Gasteiger partial charge in [-0.3, -0.25) is 14.8 Å². The summed E-state index contributed by atoms with van der Waals surface area (Å²) in [5, 5.41) is 16.1. The van der Waals surface area contributed by atoms with Crippen molar-refractivity contribution in [1.82, 2.24) is 25.0 Å². The van der Waals surface area contributed by atoms with Crippen molar-refractivity contribution in [2.45, 2.75) is 0 Å². The maximum Gasteiger partial charge on any atom is 0.178 e. The molecule has 0 unspecified atom stereocenters. The van der Waals surface area contributed by atoms with Crippen molar-refractivity contribution in [2.75, 3.05) is 5.32 Å². The summed E-state index contributed by atoms with van der Waals surface area (Å²) in [4.78, 5) is 4.36. The number of halogens is 1. The molecule has 0 saturated carbocycles. The maximum atomic E-state index is 13.6. The molecule has 0 radical (unpaired) electrons. The van der Waals surface area contributed by atoms with Crippen molar-refractivity contribution in [1.29, 1.82) is 0 Å². The van der Waals surface area contributed by atoms with E-state index in [-0.39, 0.29) is 5.82 Å². The summed E-state index contributed by atoms with van der Waals surface area (Å²) >= 11 is 0. The summed E-state index contributed by atoms with van der Waals surface area (Å²) in [6, 6.07) is 16.2. The molecule has 2 aromatic carbocycles. The van der Waals surface area contributed by atoms with Crippen molar-refractivity contribution in [3.63, 3.8) is 0 Å². The molecular formula is C20H15FN6. The Morgan fingerprint density at radius 1 is 1.07 bits per heavy atom. The SMILES string of the molecule is Cn1nc(-c2cccc(F)c2)c2ccc(Nc3n[nH]c4cccnc34)cc21. The zero-order valence-electron chi connectivity index (χ0n) is 14.4. The van der Waals surface area contributed by atoms with Crippen LogP contribution in [0.15, 0.2) is 60.8 Å². The van der Waals surface area contributed by atoms with E-state index in [0.717, 1.165) is 38.9 Å². The van der Waals surface area contributed by atoms with Crippen LogP contribution < -0.4 is 5.32 Å². The monoisotopic (exact) mass is 358 g/mol. The van der Waals surface area contributed by atoms with Gasteiger partial charge in [-0.05, 0) is 42.5 Å². The normalized spacial score (nSPS) is 11.3. The van der Waals surface area contributed by atoms with E-state index in [2.05, 4.69) is 25.6 Å². The molecule has 0 aliphatic carbocycles. The average Bonchev–Trinajstić information content (AvgIpc) is 3.23. The van der Waals surface area contributed by atoms with Gasteiger partial charge in [0, 0.05) is 29.9 Å². The van der Waals surface area contributed by atoms with Gasteiger partial charge in [-0.15, -0.1) is 0 Å². The van der Waals surface area contributed by atoms with Crippen molar-refractivity contribution < 1.29 is 4.39 Å². The van der Waals surface area contributed by atoms with Gasteiger partial charge in [-0.2, -0.15) is 10.2 Å². The lowest BCUT2D eigenvalue weighted by atomic mass is 10.1. The molecule has 6 nitrogen and oxygen atoms in total. The van der Waals surface area contributed by atoms with E-state index in [9.17, 15) is 4.39 Å². The molecule has 0 saturated heterocycles. The first-order valence-electron chi connectivity index (χ1n) is 8.48. The van der Waals surface area contributed by atoms with Crippen LogP contribution in [0.2, 0.25) is 0 Å². The Hall–Kier alpha value is -3.74. The number of nitrogens with one attached hydrogen (secondary N) is 2. The van der Waals surface area contributed by atoms with Crippen LogP contribution >= 0.6 is 0 Å².